The molecule has 0 atom stereocenters. The number of hydrogen-bond acceptors (Lipinski definition) is 12. The molecule has 5 rings (SSSR count). The van der Waals surface area contributed by atoms with Crippen molar-refractivity contribution in [1.29, 1.82) is 0 Å². The Bertz CT molecular complexity index is 2070. The molecule has 0 spiro atoms. The third-order valence-electron chi connectivity index (χ3n) is 7.41. The SMILES string of the molecule is C=CC(=O)OCCCCOC(C)=O.COc1ccc(C(=O)Oc2ccc(OC(=O)c3ccc4cc(OC(=O)c5ccc(OC)cc5)ccc4c3)cc2)cc1. The number of benzene rings is 5. The second-order valence-electron chi connectivity index (χ2n) is 11.2. The molecule has 0 saturated heterocycles. The topological polar surface area (TPSA) is 150 Å². The van der Waals surface area contributed by atoms with Crippen LogP contribution in [-0.4, -0.2) is 57.3 Å². The molecule has 0 unspecified atom stereocenters. The first kappa shape index (κ1) is 39.8. The molecule has 0 heterocycles. The Hall–Kier alpha value is -6.95. The zero-order valence-corrected chi connectivity index (χ0v) is 29.9. The van der Waals surface area contributed by atoms with Gasteiger partial charge in [0.25, 0.3) is 0 Å². The highest BCUT2D eigenvalue weighted by molar-refractivity contribution is 5.97. The fraction of sp³-hybridized carbons (Fsp3) is 0.167. The predicted molar refractivity (Wildman–Crippen MR) is 198 cm³/mol. The van der Waals surface area contributed by atoms with E-state index in [4.69, 9.17) is 28.4 Å². The molecule has 0 saturated carbocycles. The Morgan fingerprint density at radius 2 is 0.889 bits per heavy atom. The number of carbonyl (C=O) groups is 5. The first-order valence-electron chi connectivity index (χ1n) is 16.6. The van der Waals surface area contributed by atoms with Gasteiger partial charge in [0.1, 0.15) is 28.7 Å². The van der Waals surface area contributed by atoms with Crippen molar-refractivity contribution < 1.29 is 57.1 Å². The summed E-state index contributed by atoms with van der Waals surface area (Å²) in [6.07, 6.45) is 2.50. The molecule has 0 aromatic heterocycles. The average molecular weight is 735 g/mol. The van der Waals surface area contributed by atoms with Crippen LogP contribution in [0.5, 0.6) is 28.7 Å². The summed E-state index contributed by atoms with van der Waals surface area (Å²) in [4.78, 5) is 58.4. The number of fused-ring (bicyclic) bond motifs is 1. The number of esters is 5. The molecule has 54 heavy (non-hydrogen) atoms. The minimum Gasteiger partial charge on any atom is -0.497 e. The van der Waals surface area contributed by atoms with E-state index in [9.17, 15) is 24.0 Å². The molecule has 0 aliphatic carbocycles. The minimum absolute atomic E-state index is 0.289. The highest BCUT2D eigenvalue weighted by atomic mass is 16.6. The molecule has 0 aliphatic rings. The normalized spacial score (nSPS) is 10.1. The van der Waals surface area contributed by atoms with Crippen LogP contribution in [0.25, 0.3) is 10.8 Å². The highest BCUT2D eigenvalue weighted by Gasteiger charge is 2.14. The number of unbranched alkanes of at least 4 members (excludes halogenated alkanes) is 1. The Balaban J connectivity index is 0.000000428. The van der Waals surface area contributed by atoms with Gasteiger partial charge in [0, 0.05) is 13.0 Å². The van der Waals surface area contributed by atoms with E-state index < -0.39 is 23.9 Å². The lowest BCUT2D eigenvalue weighted by molar-refractivity contribution is -0.142. The molecular formula is C42H38O12. The number of methoxy groups -OCH3 is 2. The van der Waals surface area contributed by atoms with Crippen LogP contribution < -0.4 is 23.7 Å². The van der Waals surface area contributed by atoms with Crippen molar-refractivity contribution in [2.75, 3.05) is 27.4 Å². The molecule has 0 amide bonds. The maximum absolute atomic E-state index is 12.8. The molecular weight excluding hydrogens is 696 g/mol. The van der Waals surface area contributed by atoms with E-state index in [0.29, 0.717) is 71.5 Å². The number of ether oxygens (including phenoxy) is 7. The van der Waals surface area contributed by atoms with Crippen LogP contribution >= 0.6 is 0 Å². The van der Waals surface area contributed by atoms with Crippen molar-refractivity contribution in [2.24, 2.45) is 0 Å². The van der Waals surface area contributed by atoms with E-state index in [0.717, 1.165) is 16.8 Å². The van der Waals surface area contributed by atoms with Gasteiger partial charge in [0.05, 0.1) is 44.1 Å². The van der Waals surface area contributed by atoms with Gasteiger partial charge < -0.3 is 33.2 Å². The van der Waals surface area contributed by atoms with Gasteiger partial charge in [-0.3, -0.25) is 4.79 Å². The lowest BCUT2D eigenvalue weighted by Gasteiger charge is -2.09. The van der Waals surface area contributed by atoms with Crippen LogP contribution in [0.4, 0.5) is 0 Å². The smallest absolute Gasteiger partial charge is 0.343 e. The van der Waals surface area contributed by atoms with Gasteiger partial charge >= 0.3 is 29.8 Å². The third kappa shape index (κ3) is 12.4. The highest BCUT2D eigenvalue weighted by Crippen LogP contribution is 2.25. The summed E-state index contributed by atoms with van der Waals surface area (Å²) >= 11 is 0. The molecule has 12 heteroatoms. The lowest BCUT2D eigenvalue weighted by atomic mass is 10.1. The summed E-state index contributed by atoms with van der Waals surface area (Å²) < 4.78 is 35.9. The van der Waals surface area contributed by atoms with Gasteiger partial charge in [-0.15, -0.1) is 0 Å². The molecule has 0 aliphatic heterocycles. The first-order chi connectivity index (χ1) is 26.1. The Kier molecular flexibility index (Phi) is 14.9. The van der Waals surface area contributed by atoms with Crippen LogP contribution in [-0.2, 0) is 19.1 Å². The molecule has 0 fully saturated rings. The summed E-state index contributed by atoms with van der Waals surface area (Å²) in [6, 6.07) is 29.6. The summed E-state index contributed by atoms with van der Waals surface area (Å²) in [5.74, 6) is -0.0252. The van der Waals surface area contributed by atoms with Crippen molar-refractivity contribution in [3.63, 3.8) is 0 Å². The molecule has 5 aromatic rings. The second-order valence-corrected chi connectivity index (χ2v) is 11.2. The van der Waals surface area contributed by atoms with E-state index in [1.54, 1.807) is 123 Å². The Labute approximate surface area is 311 Å². The van der Waals surface area contributed by atoms with Crippen molar-refractivity contribution in [1.82, 2.24) is 0 Å². The van der Waals surface area contributed by atoms with E-state index in [1.807, 2.05) is 0 Å². The van der Waals surface area contributed by atoms with Crippen LogP contribution in [0.15, 0.2) is 122 Å². The fourth-order valence-corrected chi connectivity index (χ4v) is 4.59. The van der Waals surface area contributed by atoms with Gasteiger partial charge in [0.2, 0.25) is 0 Å². The lowest BCUT2D eigenvalue weighted by Crippen LogP contribution is -2.10. The van der Waals surface area contributed by atoms with Crippen molar-refractivity contribution in [3.8, 4) is 28.7 Å². The second kappa shape index (κ2) is 20.2. The zero-order chi connectivity index (χ0) is 38.9. The molecule has 278 valence electrons. The summed E-state index contributed by atoms with van der Waals surface area (Å²) in [5.41, 5.74) is 1.11. The van der Waals surface area contributed by atoms with Crippen molar-refractivity contribution in [2.45, 2.75) is 19.8 Å². The van der Waals surface area contributed by atoms with E-state index >= 15 is 0 Å². The average Bonchev–Trinajstić information content (AvgIpc) is 3.19. The quantitative estimate of drug-likeness (QED) is 0.0479. The van der Waals surface area contributed by atoms with Crippen molar-refractivity contribution in [3.05, 3.63) is 139 Å². The summed E-state index contributed by atoms with van der Waals surface area (Å²) in [5, 5.41) is 1.55. The maximum Gasteiger partial charge on any atom is 0.343 e. The van der Waals surface area contributed by atoms with Crippen molar-refractivity contribution >= 4 is 40.6 Å². The predicted octanol–water partition coefficient (Wildman–Crippen LogP) is 7.57. The molecule has 0 bridgehead atoms. The van der Waals surface area contributed by atoms with Crippen LogP contribution in [0, 0.1) is 0 Å². The Morgan fingerprint density at radius 1 is 0.500 bits per heavy atom. The number of hydrogen-bond donors (Lipinski definition) is 0. The van der Waals surface area contributed by atoms with Crippen LogP contribution in [0.3, 0.4) is 0 Å². The van der Waals surface area contributed by atoms with Gasteiger partial charge in [-0.1, -0.05) is 18.7 Å². The molecule has 5 aromatic carbocycles. The Morgan fingerprint density at radius 3 is 1.37 bits per heavy atom. The molecule has 0 N–H and O–H groups in total. The zero-order valence-electron chi connectivity index (χ0n) is 29.9. The van der Waals surface area contributed by atoms with E-state index in [1.165, 1.54) is 6.92 Å². The summed E-state index contributed by atoms with van der Waals surface area (Å²) in [7, 11) is 3.10. The van der Waals surface area contributed by atoms with Gasteiger partial charge in [-0.25, -0.2) is 19.2 Å². The van der Waals surface area contributed by atoms with Crippen LogP contribution in [0.2, 0.25) is 0 Å². The third-order valence-corrected chi connectivity index (χ3v) is 7.41. The van der Waals surface area contributed by atoms with Gasteiger partial charge in [-0.05, 0) is 121 Å². The first-order valence-corrected chi connectivity index (χ1v) is 16.6. The molecule has 0 radical (unpaired) electrons. The van der Waals surface area contributed by atoms with E-state index in [-0.39, 0.29) is 5.97 Å². The maximum atomic E-state index is 12.8. The standard InChI is InChI=1S/C33H24O8.C9H14O4/c1-37-26-10-5-21(6-11-26)31(34)39-28-15-17-29(18-16-28)40-33(36)25-4-3-24-20-30(14-9-23(24)19-25)41-32(35)22-7-12-27(38-2)13-8-22;1-3-9(11)13-7-5-4-6-12-8(2)10/h3-20H,1-2H3;3H,1,4-7H2,2H3. The van der Waals surface area contributed by atoms with E-state index in [2.05, 4.69) is 11.3 Å². The van der Waals surface area contributed by atoms with Crippen LogP contribution in [0.1, 0.15) is 50.8 Å². The minimum atomic E-state index is -0.551. The van der Waals surface area contributed by atoms with Gasteiger partial charge in [0.15, 0.2) is 0 Å². The monoisotopic (exact) mass is 734 g/mol. The largest absolute Gasteiger partial charge is 0.497 e. The summed E-state index contributed by atoms with van der Waals surface area (Å²) in [6.45, 7) is 5.33. The fourth-order valence-electron chi connectivity index (χ4n) is 4.59. The number of rotatable bonds is 14. The van der Waals surface area contributed by atoms with Gasteiger partial charge in [-0.2, -0.15) is 0 Å². The number of carbonyl (C=O) groups excluding carboxylic acids is 5. The molecule has 12 nitrogen and oxygen atoms in total.